The summed E-state index contributed by atoms with van der Waals surface area (Å²) in [6.07, 6.45) is 4.42. The molecule has 0 aliphatic rings. The molecule has 1 rings (SSSR count). The molecule has 0 radical (unpaired) electrons. The van der Waals surface area contributed by atoms with Gasteiger partial charge in [0.1, 0.15) is 0 Å². The second-order valence-electron chi connectivity index (χ2n) is 4.31. The summed E-state index contributed by atoms with van der Waals surface area (Å²) < 4.78 is 0.864. The zero-order valence-electron chi connectivity index (χ0n) is 10.8. The quantitative estimate of drug-likeness (QED) is 0.584. The molecule has 0 heterocycles. The molecule has 0 aromatic heterocycles. The van der Waals surface area contributed by atoms with Crippen LogP contribution in [0, 0.1) is 10.1 Å². The number of benzene rings is 1. The Balaban J connectivity index is 2.80. The third-order valence-corrected chi connectivity index (χ3v) is 3.61. The predicted molar refractivity (Wildman–Crippen MR) is 78.0 cm³/mol. The van der Waals surface area contributed by atoms with Crippen LogP contribution in [0.3, 0.4) is 0 Å². The third kappa shape index (κ3) is 4.29. The molecule has 5 heteroatoms. The second-order valence-corrected chi connectivity index (χ2v) is 5.17. The van der Waals surface area contributed by atoms with Gasteiger partial charge in [0.05, 0.1) is 10.6 Å². The van der Waals surface area contributed by atoms with Crippen molar-refractivity contribution in [3.05, 3.63) is 32.8 Å². The van der Waals surface area contributed by atoms with Crippen molar-refractivity contribution in [1.29, 1.82) is 0 Å². The van der Waals surface area contributed by atoms with E-state index in [9.17, 15) is 10.1 Å². The van der Waals surface area contributed by atoms with Crippen LogP contribution in [0.4, 0.5) is 11.4 Å². The van der Waals surface area contributed by atoms with Crippen LogP contribution >= 0.6 is 15.9 Å². The summed E-state index contributed by atoms with van der Waals surface area (Å²) in [5.74, 6) is 0. The Labute approximate surface area is 116 Å². The van der Waals surface area contributed by atoms with E-state index >= 15 is 0 Å². The Hall–Kier alpha value is -1.10. The van der Waals surface area contributed by atoms with Crippen LogP contribution in [-0.4, -0.2) is 11.0 Å². The first kappa shape index (κ1) is 15.0. The van der Waals surface area contributed by atoms with Gasteiger partial charge in [-0.2, -0.15) is 0 Å². The van der Waals surface area contributed by atoms with Gasteiger partial charge in [0.15, 0.2) is 0 Å². The summed E-state index contributed by atoms with van der Waals surface area (Å²) in [5, 5.41) is 14.1. The Morgan fingerprint density at radius 2 is 2.17 bits per heavy atom. The highest BCUT2D eigenvalue weighted by Gasteiger charge is 2.12. The minimum atomic E-state index is -0.370. The number of nitrogens with one attached hydrogen (secondary N) is 1. The van der Waals surface area contributed by atoms with Crippen LogP contribution in [0.15, 0.2) is 22.7 Å². The van der Waals surface area contributed by atoms with Gasteiger partial charge < -0.3 is 5.32 Å². The number of non-ortho nitro benzene ring substituents is 1. The van der Waals surface area contributed by atoms with Gasteiger partial charge in [-0.05, 0) is 34.8 Å². The SMILES string of the molecule is CCCCC(CC)Nc1cc([N+](=O)[O-])ccc1Br. The Kier molecular flexibility index (Phi) is 6.12. The van der Waals surface area contributed by atoms with E-state index in [-0.39, 0.29) is 10.6 Å². The van der Waals surface area contributed by atoms with Crippen LogP contribution in [0.1, 0.15) is 39.5 Å². The van der Waals surface area contributed by atoms with Crippen molar-refractivity contribution in [3.8, 4) is 0 Å². The molecule has 100 valence electrons. The molecule has 18 heavy (non-hydrogen) atoms. The lowest BCUT2D eigenvalue weighted by molar-refractivity contribution is -0.384. The van der Waals surface area contributed by atoms with Gasteiger partial charge in [0.25, 0.3) is 5.69 Å². The van der Waals surface area contributed by atoms with Crippen molar-refractivity contribution in [2.75, 3.05) is 5.32 Å². The molecule has 0 amide bonds. The van der Waals surface area contributed by atoms with Crippen molar-refractivity contribution in [3.63, 3.8) is 0 Å². The lowest BCUT2D eigenvalue weighted by Gasteiger charge is -2.18. The molecule has 4 nitrogen and oxygen atoms in total. The van der Waals surface area contributed by atoms with Crippen molar-refractivity contribution >= 4 is 27.3 Å². The van der Waals surface area contributed by atoms with Crippen molar-refractivity contribution in [1.82, 2.24) is 0 Å². The fraction of sp³-hybridized carbons (Fsp3) is 0.538. The van der Waals surface area contributed by atoms with Gasteiger partial charge in [-0.15, -0.1) is 0 Å². The number of nitro benzene ring substituents is 1. The zero-order chi connectivity index (χ0) is 13.5. The smallest absolute Gasteiger partial charge is 0.271 e. The second kappa shape index (κ2) is 7.36. The summed E-state index contributed by atoms with van der Waals surface area (Å²) in [7, 11) is 0. The number of rotatable bonds is 7. The monoisotopic (exact) mass is 314 g/mol. The fourth-order valence-electron chi connectivity index (χ4n) is 1.79. The van der Waals surface area contributed by atoms with E-state index in [4.69, 9.17) is 0 Å². The number of anilines is 1. The third-order valence-electron chi connectivity index (χ3n) is 2.92. The van der Waals surface area contributed by atoms with Crippen molar-refractivity contribution in [2.45, 2.75) is 45.6 Å². The lowest BCUT2D eigenvalue weighted by Crippen LogP contribution is -2.18. The van der Waals surface area contributed by atoms with E-state index in [2.05, 4.69) is 35.1 Å². The first-order chi connectivity index (χ1) is 8.58. The van der Waals surface area contributed by atoms with Crippen molar-refractivity contribution < 1.29 is 4.92 Å². The Morgan fingerprint density at radius 1 is 1.44 bits per heavy atom. The van der Waals surface area contributed by atoms with Crippen LogP contribution in [0.25, 0.3) is 0 Å². The maximum Gasteiger partial charge on any atom is 0.271 e. The van der Waals surface area contributed by atoms with Crippen LogP contribution in [0.5, 0.6) is 0 Å². The highest BCUT2D eigenvalue weighted by molar-refractivity contribution is 9.10. The number of hydrogen-bond donors (Lipinski definition) is 1. The van der Waals surface area contributed by atoms with Crippen molar-refractivity contribution in [2.24, 2.45) is 0 Å². The molecule has 0 saturated heterocycles. The average Bonchev–Trinajstić information content (AvgIpc) is 2.36. The molecule has 1 N–H and O–H groups in total. The molecule has 0 fully saturated rings. The molecule has 0 saturated carbocycles. The van der Waals surface area contributed by atoms with Crippen LogP contribution in [-0.2, 0) is 0 Å². The minimum Gasteiger partial charge on any atom is -0.381 e. The molecule has 1 unspecified atom stereocenters. The standard InChI is InChI=1S/C13H19BrN2O2/c1-3-5-6-10(4-2)15-13-9-11(16(17)18)7-8-12(13)14/h7-10,15H,3-6H2,1-2H3. The Morgan fingerprint density at radius 3 is 2.72 bits per heavy atom. The molecule has 1 aromatic carbocycles. The molecule has 1 aromatic rings. The molecule has 0 aliphatic heterocycles. The van der Waals surface area contributed by atoms with Gasteiger partial charge in [0, 0.05) is 22.6 Å². The first-order valence-corrected chi connectivity index (χ1v) is 7.08. The van der Waals surface area contributed by atoms with Gasteiger partial charge in [-0.3, -0.25) is 10.1 Å². The number of nitrogens with zero attached hydrogens (tertiary/aromatic N) is 1. The van der Waals surface area contributed by atoms with E-state index in [0.29, 0.717) is 6.04 Å². The molecule has 1 atom stereocenters. The van der Waals surface area contributed by atoms with Crippen LogP contribution < -0.4 is 5.32 Å². The fourth-order valence-corrected chi connectivity index (χ4v) is 2.15. The summed E-state index contributed by atoms with van der Waals surface area (Å²) in [6.45, 7) is 4.29. The summed E-state index contributed by atoms with van der Waals surface area (Å²) in [4.78, 5) is 10.4. The first-order valence-electron chi connectivity index (χ1n) is 6.29. The largest absolute Gasteiger partial charge is 0.381 e. The molecule has 0 bridgehead atoms. The summed E-state index contributed by atoms with van der Waals surface area (Å²) >= 11 is 3.42. The average molecular weight is 315 g/mol. The number of nitro groups is 1. The zero-order valence-corrected chi connectivity index (χ0v) is 12.4. The normalized spacial score (nSPS) is 12.2. The van der Waals surface area contributed by atoms with E-state index < -0.39 is 0 Å². The van der Waals surface area contributed by atoms with E-state index in [1.165, 1.54) is 6.07 Å². The molecule has 0 aliphatic carbocycles. The van der Waals surface area contributed by atoms with E-state index in [0.717, 1.165) is 35.8 Å². The van der Waals surface area contributed by atoms with Gasteiger partial charge in [-0.25, -0.2) is 0 Å². The van der Waals surface area contributed by atoms with Gasteiger partial charge in [0.2, 0.25) is 0 Å². The van der Waals surface area contributed by atoms with E-state index in [1.54, 1.807) is 12.1 Å². The maximum absolute atomic E-state index is 10.8. The highest BCUT2D eigenvalue weighted by Crippen LogP contribution is 2.28. The summed E-state index contributed by atoms with van der Waals surface area (Å²) in [6, 6.07) is 5.16. The molecular formula is C13H19BrN2O2. The number of hydrogen-bond acceptors (Lipinski definition) is 3. The number of halogens is 1. The van der Waals surface area contributed by atoms with Gasteiger partial charge >= 0.3 is 0 Å². The highest BCUT2D eigenvalue weighted by atomic mass is 79.9. The van der Waals surface area contributed by atoms with Gasteiger partial charge in [-0.1, -0.05) is 26.7 Å². The molecular weight excluding hydrogens is 296 g/mol. The predicted octanol–water partition coefficient (Wildman–Crippen LogP) is 4.74. The lowest BCUT2D eigenvalue weighted by atomic mass is 10.1. The number of unbranched alkanes of at least 4 members (excludes halogenated alkanes) is 1. The van der Waals surface area contributed by atoms with Crippen LogP contribution in [0.2, 0.25) is 0 Å². The van der Waals surface area contributed by atoms with E-state index in [1.807, 2.05) is 0 Å². The molecule has 0 spiro atoms. The minimum absolute atomic E-state index is 0.117. The topological polar surface area (TPSA) is 55.2 Å². The summed E-state index contributed by atoms with van der Waals surface area (Å²) in [5.41, 5.74) is 0.915. The Bertz CT molecular complexity index is 410. The maximum atomic E-state index is 10.8.